The summed E-state index contributed by atoms with van der Waals surface area (Å²) in [5.41, 5.74) is 4.06. The van der Waals surface area contributed by atoms with Gasteiger partial charge >= 0.3 is 11.9 Å². The van der Waals surface area contributed by atoms with E-state index in [0.717, 1.165) is 27.0 Å². The minimum Gasteiger partial charge on any atom is -0.481 e. The molecule has 6 heteroatoms. The zero-order valence-electron chi connectivity index (χ0n) is 17.4. The molecule has 1 heterocycles. The van der Waals surface area contributed by atoms with Crippen molar-refractivity contribution in [2.45, 2.75) is 39.7 Å². The number of carboxylic acid groups (broad SMARTS) is 1. The van der Waals surface area contributed by atoms with Gasteiger partial charge < -0.3 is 14.4 Å². The SMILES string of the molecule is Cc1cc(C(=O)OC(C)(C)C)ccc1-n1c(CC(=O)O)ccc1-c1ccc(Br)cc1. The van der Waals surface area contributed by atoms with Crippen molar-refractivity contribution < 1.29 is 19.4 Å². The Morgan fingerprint density at radius 3 is 2.27 bits per heavy atom. The number of esters is 1. The van der Waals surface area contributed by atoms with Crippen LogP contribution in [0.1, 0.15) is 42.4 Å². The number of nitrogens with zero attached hydrogens (tertiary/aromatic N) is 1. The van der Waals surface area contributed by atoms with Gasteiger partial charge in [0.2, 0.25) is 0 Å². The highest BCUT2D eigenvalue weighted by atomic mass is 79.9. The van der Waals surface area contributed by atoms with Crippen molar-refractivity contribution in [1.82, 2.24) is 4.57 Å². The van der Waals surface area contributed by atoms with Crippen molar-refractivity contribution in [2.75, 3.05) is 0 Å². The number of hydrogen-bond acceptors (Lipinski definition) is 3. The normalized spacial score (nSPS) is 11.4. The number of aryl methyl sites for hydroxylation is 1. The van der Waals surface area contributed by atoms with Gasteiger partial charge in [-0.05, 0) is 81.3 Å². The number of hydrogen-bond donors (Lipinski definition) is 1. The van der Waals surface area contributed by atoms with E-state index in [9.17, 15) is 14.7 Å². The third-order valence-corrected chi connectivity index (χ3v) is 5.03. The molecule has 156 valence electrons. The smallest absolute Gasteiger partial charge is 0.338 e. The lowest BCUT2D eigenvalue weighted by molar-refractivity contribution is -0.136. The van der Waals surface area contributed by atoms with E-state index < -0.39 is 11.6 Å². The van der Waals surface area contributed by atoms with Crippen LogP contribution in [-0.2, 0) is 16.0 Å². The molecule has 0 unspecified atom stereocenters. The Balaban J connectivity index is 2.09. The summed E-state index contributed by atoms with van der Waals surface area (Å²) in [5, 5.41) is 9.37. The molecule has 1 N–H and O–H groups in total. The molecular formula is C24H24BrNO4. The van der Waals surface area contributed by atoms with Crippen LogP contribution in [0.5, 0.6) is 0 Å². The van der Waals surface area contributed by atoms with Crippen molar-refractivity contribution in [3.63, 3.8) is 0 Å². The first-order valence-electron chi connectivity index (χ1n) is 9.58. The number of carbonyl (C=O) groups is 2. The van der Waals surface area contributed by atoms with Gasteiger partial charge in [0.25, 0.3) is 0 Å². The van der Waals surface area contributed by atoms with E-state index in [4.69, 9.17) is 4.74 Å². The van der Waals surface area contributed by atoms with Crippen molar-refractivity contribution in [3.8, 4) is 16.9 Å². The molecule has 2 aromatic carbocycles. The van der Waals surface area contributed by atoms with E-state index in [0.29, 0.717) is 11.3 Å². The van der Waals surface area contributed by atoms with Gasteiger partial charge in [-0.1, -0.05) is 28.1 Å². The summed E-state index contributed by atoms with van der Waals surface area (Å²) in [7, 11) is 0. The molecule has 0 bridgehead atoms. The summed E-state index contributed by atoms with van der Waals surface area (Å²) in [5.74, 6) is -1.29. The predicted octanol–water partition coefficient (Wildman–Crippen LogP) is 5.80. The minimum atomic E-state index is -0.903. The summed E-state index contributed by atoms with van der Waals surface area (Å²) < 4.78 is 8.36. The van der Waals surface area contributed by atoms with Crippen molar-refractivity contribution >= 4 is 27.9 Å². The third kappa shape index (κ3) is 5.00. The molecule has 3 aromatic rings. The molecule has 0 spiro atoms. The summed E-state index contributed by atoms with van der Waals surface area (Å²) in [6.07, 6.45) is -0.107. The summed E-state index contributed by atoms with van der Waals surface area (Å²) in [4.78, 5) is 23.9. The van der Waals surface area contributed by atoms with Crippen LogP contribution in [0.15, 0.2) is 59.1 Å². The highest BCUT2D eigenvalue weighted by Gasteiger charge is 2.20. The summed E-state index contributed by atoms with van der Waals surface area (Å²) in [6, 6.07) is 16.9. The molecule has 3 rings (SSSR count). The van der Waals surface area contributed by atoms with E-state index >= 15 is 0 Å². The second kappa shape index (κ2) is 8.48. The molecule has 0 aliphatic carbocycles. The second-order valence-electron chi connectivity index (χ2n) is 8.13. The van der Waals surface area contributed by atoms with Gasteiger partial charge in [0, 0.05) is 15.9 Å². The van der Waals surface area contributed by atoms with Crippen LogP contribution in [-0.4, -0.2) is 27.2 Å². The number of benzene rings is 2. The maximum absolute atomic E-state index is 12.4. The molecule has 1 aromatic heterocycles. The van der Waals surface area contributed by atoms with Crippen LogP contribution in [0, 0.1) is 6.92 Å². The van der Waals surface area contributed by atoms with E-state index in [1.54, 1.807) is 12.1 Å². The molecule has 0 saturated carbocycles. The van der Waals surface area contributed by atoms with Crippen LogP contribution in [0.3, 0.4) is 0 Å². The Morgan fingerprint density at radius 1 is 1.03 bits per heavy atom. The molecule has 0 atom stereocenters. The van der Waals surface area contributed by atoms with Gasteiger partial charge in [-0.3, -0.25) is 4.79 Å². The summed E-state index contributed by atoms with van der Waals surface area (Å²) >= 11 is 3.44. The first-order valence-corrected chi connectivity index (χ1v) is 10.4. The van der Waals surface area contributed by atoms with Gasteiger partial charge in [0.05, 0.1) is 17.7 Å². The Hall–Kier alpha value is -2.86. The van der Waals surface area contributed by atoms with E-state index in [1.807, 2.05) is 74.7 Å². The lowest BCUT2D eigenvalue weighted by atomic mass is 10.1. The lowest BCUT2D eigenvalue weighted by Crippen LogP contribution is -2.24. The van der Waals surface area contributed by atoms with Gasteiger partial charge in [0.1, 0.15) is 5.60 Å². The number of aliphatic carboxylic acids is 1. The van der Waals surface area contributed by atoms with Crippen molar-refractivity contribution in [2.24, 2.45) is 0 Å². The van der Waals surface area contributed by atoms with Gasteiger partial charge in [-0.15, -0.1) is 0 Å². The maximum atomic E-state index is 12.4. The molecule has 30 heavy (non-hydrogen) atoms. The van der Waals surface area contributed by atoms with Crippen molar-refractivity contribution in [3.05, 3.63) is 75.9 Å². The maximum Gasteiger partial charge on any atom is 0.338 e. The molecule has 5 nitrogen and oxygen atoms in total. The Labute approximate surface area is 184 Å². The molecule has 0 aliphatic rings. The molecule has 0 saturated heterocycles. The fraction of sp³-hybridized carbons (Fsp3) is 0.250. The lowest BCUT2D eigenvalue weighted by Gasteiger charge is -2.20. The highest BCUT2D eigenvalue weighted by molar-refractivity contribution is 9.10. The number of rotatable bonds is 5. The third-order valence-electron chi connectivity index (χ3n) is 4.51. The van der Waals surface area contributed by atoms with Gasteiger partial charge in [-0.25, -0.2) is 4.79 Å². The predicted molar refractivity (Wildman–Crippen MR) is 120 cm³/mol. The van der Waals surface area contributed by atoms with Gasteiger partial charge in [0.15, 0.2) is 0 Å². The first-order chi connectivity index (χ1) is 14.0. The van der Waals surface area contributed by atoms with E-state index in [-0.39, 0.29) is 12.4 Å². The van der Waals surface area contributed by atoms with Crippen LogP contribution in [0.4, 0.5) is 0 Å². The standard InChI is InChI=1S/C24H24BrNO4/c1-15-13-17(23(29)30-24(2,3)4)7-11-20(15)26-19(14-22(27)28)10-12-21(26)16-5-8-18(25)9-6-16/h5-13H,14H2,1-4H3,(H,27,28). The fourth-order valence-corrected chi connectivity index (χ4v) is 3.54. The number of aromatic nitrogens is 1. The number of carbonyl (C=O) groups excluding carboxylic acids is 1. The average Bonchev–Trinajstić information content (AvgIpc) is 3.03. The highest BCUT2D eigenvalue weighted by Crippen LogP contribution is 2.30. The number of carboxylic acids is 1. The number of halogens is 1. The number of ether oxygens (including phenoxy) is 1. The molecule has 0 aliphatic heterocycles. The second-order valence-corrected chi connectivity index (χ2v) is 9.04. The summed E-state index contributed by atoms with van der Waals surface area (Å²) in [6.45, 7) is 7.39. The zero-order chi connectivity index (χ0) is 22.1. The molecular weight excluding hydrogens is 446 g/mol. The van der Waals surface area contributed by atoms with Crippen LogP contribution >= 0.6 is 15.9 Å². The average molecular weight is 470 g/mol. The minimum absolute atomic E-state index is 0.107. The van der Waals surface area contributed by atoms with E-state index in [2.05, 4.69) is 15.9 Å². The van der Waals surface area contributed by atoms with Crippen LogP contribution in [0.2, 0.25) is 0 Å². The van der Waals surface area contributed by atoms with Crippen LogP contribution < -0.4 is 0 Å². The van der Waals surface area contributed by atoms with Crippen molar-refractivity contribution in [1.29, 1.82) is 0 Å². The molecule has 0 radical (unpaired) electrons. The Kier molecular flexibility index (Phi) is 6.17. The Morgan fingerprint density at radius 2 is 1.70 bits per heavy atom. The quantitative estimate of drug-likeness (QED) is 0.479. The fourth-order valence-electron chi connectivity index (χ4n) is 3.27. The topological polar surface area (TPSA) is 68.5 Å². The largest absolute Gasteiger partial charge is 0.481 e. The van der Waals surface area contributed by atoms with E-state index in [1.165, 1.54) is 0 Å². The van der Waals surface area contributed by atoms with Gasteiger partial charge in [-0.2, -0.15) is 0 Å². The monoisotopic (exact) mass is 469 g/mol. The Bertz CT molecular complexity index is 1090. The molecule has 0 amide bonds. The zero-order valence-corrected chi connectivity index (χ0v) is 19.0. The molecule has 0 fully saturated rings. The van der Waals surface area contributed by atoms with Crippen LogP contribution in [0.25, 0.3) is 16.9 Å². The first kappa shape index (κ1) is 21.8.